The Balaban J connectivity index is 1.41. The van der Waals surface area contributed by atoms with E-state index in [1.807, 2.05) is 46.8 Å². The van der Waals surface area contributed by atoms with Crippen LogP contribution in [0.4, 0.5) is 0 Å². The zero-order chi connectivity index (χ0) is 14.1. The van der Waals surface area contributed by atoms with E-state index in [9.17, 15) is 0 Å². The number of aromatic nitrogens is 3. The topological polar surface area (TPSA) is 48.7 Å². The molecule has 0 N–H and O–H groups in total. The highest BCUT2D eigenvalue weighted by Crippen LogP contribution is 2.33. The average Bonchev–Trinajstić information content (AvgIpc) is 3.12. The third-order valence-electron chi connectivity index (χ3n) is 3.24. The van der Waals surface area contributed by atoms with E-state index >= 15 is 0 Å². The summed E-state index contributed by atoms with van der Waals surface area (Å²) in [5.74, 6) is 4.19. The molecule has 0 amide bonds. The molecule has 1 aliphatic heterocycles. The van der Waals surface area contributed by atoms with Crippen LogP contribution in [0.2, 0.25) is 0 Å². The maximum absolute atomic E-state index is 5.39. The lowest BCUT2D eigenvalue weighted by atomic mass is 10.2. The molecule has 0 aliphatic carbocycles. The normalized spacial score (nSPS) is 13.0. The Labute approximate surface area is 125 Å². The second-order valence-corrected chi connectivity index (χ2v) is 5.73. The lowest BCUT2D eigenvalue weighted by molar-refractivity contribution is 0.174. The van der Waals surface area contributed by atoms with E-state index < -0.39 is 0 Å². The number of ether oxygens (including phenoxy) is 2. The van der Waals surface area contributed by atoms with Crippen LogP contribution in [-0.2, 0) is 11.5 Å². The summed E-state index contributed by atoms with van der Waals surface area (Å²) in [6.45, 7) is 0.320. The molecule has 0 fully saturated rings. The summed E-state index contributed by atoms with van der Waals surface area (Å²) in [5.41, 5.74) is 2.27. The zero-order valence-electron chi connectivity index (χ0n) is 11.2. The summed E-state index contributed by atoms with van der Waals surface area (Å²) in [4.78, 5) is 8.71. The molecule has 21 heavy (non-hydrogen) atoms. The number of hydrogen-bond donors (Lipinski definition) is 0. The van der Waals surface area contributed by atoms with Gasteiger partial charge in [-0.15, -0.1) is 0 Å². The molecule has 1 aliphatic rings. The first kappa shape index (κ1) is 12.5. The molecule has 0 radical (unpaired) electrons. The Morgan fingerprint density at radius 1 is 1.19 bits per heavy atom. The Bertz CT molecular complexity index is 754. The Kier molecular flexibility index (Phi) is 3.16. The van der Waals surface area contributed by atoms with Gasteiger partial charge in [0, 0.05) is 30.1 Å². The number of fused-ring (bicyclic) bond motifs is 2. The fraction of sp³-hybridized carbons (Fsp3) is 0.200. The molecule has 5 nitrogen and oxygen atoms in total. The van der Waals surface area contributed by atoms with Gasteiger partial charge in [-0.05, 0) is 23.8 Å². The van der Waals surface area contributed by atoms with E-state index in [1.54, 1.807) is 6.20 Å². The number of benzene rings is 1. The van der Waals surface area contributed by atoms with Crippen molar-refractivity contribution in [3.05, 3.63) is 54.1 Å². The molecule has 0 bridgehead atoms. The van der Waals surface area contributed by atoms with Gasteiger partial charge in [0.05, 0.1) is 5.69 Å². The van der Waals surface area contributed by atoms with E-state index in [1.165, 1.54) is 5.56 Å². The summed E-state index contributed by atoms with van der Waals surface area (Å²) < 4.78 is 12.6. The Hall–Kier alpha value is -2.21. The maximum Gasteiger partial charge on any atom is 0.233 e. The molecule has 1 aromatic carbocycles. The van der Waals surface area contributed by atoms with Crippen molar-refractivity contribution in [2.45, 2.75) is 11.5 Å². The predicted molar refractivity (Wildman–Crippen MR) is 80.6 cm³/mol. The highest BCUT2D eigenvalue weighted by atomic mass is 32.2. The van der Waals surface area contributed by atoms with Crippen molar-refractivity contribution in [1.29, 1.82) is 0 Å². The van der Waals surface area contributed by atoms with E-state index in [2.05, 4.69) is 16.0 Å². The summed E-state index contributed by atoms with van der Waals surface area (Å²) in [7, 11) is 0. The van der Waals surface area contributed by atoms with Crippen molar-refractivity contribution in [1.82, 2.24) is 14.4 Å². The zero-order valence-corrected chi connectivity index (χ0v) is 12.0. The first-order valence-electron chi connectivity index (χ1n) is 6.63. The monoisotopic (exact) mass is 299 g/mol. The van der Waals surface area contributed by atoms with E-state index in [0.717, 1.165) is 34.5 Å². The van der Waals surface area contributed by atoms with E-state index in [4.69, 9.17) is 9.47 Å². The van der Waals surface area contributed by atoms with Gasteiger partial charge in [-0.1, -0.05) is 6.07 Å². The number of nitrogens with zero attached hydrogens (tertiary/aromatic N) is 3. The minimum atomic E-state index is 0.320. The summed E-state index contributed by atoms with van der Waals surface area (Å²) in [5, 5.41) is 0. The van der Waals surface area contributed by atoms with E-state index in [-0.39, 0.29) is 0 Å². The first-order chi connectivity index (χ1) is 10.4. The molecule has 3 aromatic rings. The molecular formula is C15H13N3O2S. The molecular weight excluding hydrogens is 286 g/mol. The van der Waals surface area contributed by atoms with Crippen molar-refractivity contribution >= 4 is 17.5 Å². The lowest BCUT2D eigenvalue weighted by Crippen LogP contribution is -1.92. The van der Waals surface area contributed by atoms with Gasteiger partial charge in [0.15, 0.2) is 11.5 Å². The molecule has 3 heterocycles. The molecule has 0 saturated carbocycles. The Morgan fingerprint density at radius 2 is 2.14 bits per heavy atom. The van der Waals surface area contributed by atoms with Crippen LogP contribution >= 0.6 is 11.8 Å². The third-order valence-corrected chi connectivity index (χ3v) is 4.28. The highest BCUT2D eigenvalue weighted by Gasteiger charge is 2.13. The summed E-state index contributed by atoms with van der Waals surface area (Å²) in [6.07, 6.45) is 5.74. The van der Waals surface area contributed by atoms with Crippen LogP contribution < -0.4 is 9.47 Å². The van der Waals surface area contributed by atoms with Gasteiger partial charge in [-0.3, -0.25) is 4.40 Å². The molecule has 106 valence electrons. The quantitative estimate of drug-likeness (QED) is 0.741. The number of rotatable bonds is 4. The average molecular weight is 299 g/mol. The van der Waals surface area contributed by atoms with Crippen LogP contribution in [-0.4, -0.2) is 21.2 Å². The van der Waals surface area contributed by atoms with Crippen molar-refractivity contribution in [3.8, 4) is 11.5 Å². The number of thioether (sulfide) groups is 1. The van der Waals surface area contributed by atoms with Gasteiger partial charge in [0.25, 0.3) is 0 Å². The van der Waals surface area contributed by atoms with Gasteiger partial charge in [-0.2, -0.15) is 11.8 Å². The second-order valence-electron chi connectivity index (χ2n) is 4.74. The molecule has 4 rings (SSSR count). The maximum atomic E-state index is 5.39. The van der Waals surface area contributed by atoms with Gasteiger partial charge in [-0.25, -0.2) is 9.97 Å². The van der Waals surface area contributed by atoms with Gasteiger partial charge >= 0.3 is 0 Å². The minimum absolute atomic E-state index is 0.320. The van der Waals surface area contributed by atoms with E-state index in [0.29, 0.717) is 6.79 Å². The number of imidazole rings is 1. The van der Waals surface area contributed by atoms with Crippen molar-refractivity contribution in [3.63, 3.8) is 0 Å². The van der Waals surface area contributed by atoms with Crippen molar-refractivity contribution in [2.75, 3.05) is 6.79 Å². The molecule has 2 aromatic heterocycles. The fourth-order valence-corrected chi connectivity index (χ4v) is 3.12. The molecule has 0 spiro atoms. The largest absolute Gasteiger partial charge is 0.454 e. The molecule has 0 atom stereocenters. The van der Waals surface area contributed by atoms with Gasteiger partial charge < -0.3 is 9.47 Å². The lowest BCUT2D eigenvalue weighted by Gasteiger charge is -2.02. The second kappa shape index (κ2) is 5.29. The van der Waals surface area contributed by atoms with Crippen molar-refractivity contribution < 1.29 is 9.47 Å². The Morgan fingerprint density at radius 3 is 3.10 bits per heavy atom. The SMILES string of the molecule is c1cnc2nc(CSCc3ccc4c(c3)OCO4)cn2c1. The minimum Gasteiger partial charge on any atom is -0.454 e. The summed E-state index contributed by atoms with van der Waals surface area (Å²) >= 11 is 1.82. The van der Waals surface area contributed by atoms with Crippen LogP contribution in [0.3, 0.4) is 0 Å². The third kappa shape index (κ3) is 2.54. The smallest absolute Gasteiger partial charge is 0.233 e. The molecule has 0 unspecified atom stereocenters. The fourth-order valence-electron chi connectivity index (χ4n) is 2.25. The van der Waals surface area contributed by atoms with Crippen molar-refractivity contribution in [2.24, 2.45) is 0 Å². The van der Waals surface area contributed by atoms with Crippen LogP contribution in [0.25, 0.3) is 5.78 Å². The first-order valence-corrected chi connectivity index (χ1v) is 7.79. The van der Waals surface area contributed by atoms with Crippen LogP contribution in [0.5, 0.6) is 11.5 Å². The number of hydrogen-bond acceptors (Lipinski definition) is 5. The van der Waals surface area contributed by atoms with Crippen LogP contribution in [0.15, 0.2) is 42.9 Å². The summed E-state index contributed by atoms with van der Waals surface area (Å²) in [6, 6.07) is 7.98. The standard InChI is InChI=1S/C15H13N3O2S/c1-4-16-15-17-12(7-18(15)5-1)9-21-8-11-2-3-13-14(6-11)20-10-19-13/h1-7H,8-10H2. The predicted octanol–water partition coefficient (Wildman–Crippen LogP) is 2.89. The molecule has 6 heteroatoms. The van der Waals surface area contributed by atoms with Crippen LogP contribution in [0, 0.1) is 0 Å². The highest BCUT2D eigenvalue weighted by molar-refractivity contribution is 7.97. The molecule has 0 saturated heterocycles. The van der Waals surface area contributed by atoms with Crippen LogP contribution in [0.1, 0.15) is 11.3 Å². The van der Waals surface area contributed by atoms with Gasteiger partial charge in [0.2, 0.25) is 12.6 Å². The van der Waals surface area contributed by atoms with Gasteiger partial charge in [0.1, 0.15) is 0 Å².